The van der Waals surface area contributed by atoms with Gasteiger partial charge in [0.05, 0.1) is 0 Å². The summed E-state index contributed by atoms with van der Waals surface area (Å²) in [4.78, 5) is 10.7. The highest BCUT2D eigenvalue weighted by Crippen LogP contribution is 2.68. The van der Waals surface area contributed by atoms with Gasteiger partial charge in [0.25, 0.3) is 0 Å². The Morgan fingerprint density at radius 3 is 2.81 bits per heavy atom. The smallest absolute Gasteiger partial charge is 0.332 e. The van der Waals surface area contributed by atoms with Crippen LogP contribution >= 0.6 is 0 Å². The zero-order valence-corrected chi connectivity index (χ0v) is 9.70. The summed E-state index contributed by atoms with van der Waals surface area (Å²) in [6, 6.07) is -0.551. The largest absolute Gasteiger partial charge is 0.350 e. The second-order valence-electron chi connectivity index (χ2n) is 5.75. The van der Waals surface area contributed by atoms with E-state index in [1.165, 1.54) is 31.4 Å². The minimum Gasteiger partial charge on any atom is -0.350 e. The fraction of sp³-hybridized carbons (Fsp3) is 0.833. The number of hydrogen-bond acceptors (Lipinski definition) is 2. The first kappa shape index (κ1) is 10.1. The molecule has 3 aliphatic rings. The van der Waals surface area contributed by atoms with Crippen LogP contribution in [0.5, 0.6) is 0 Å². The summed E-state index contributed by atoms with van der Waals surface area (Å²) in [6.07, 6.45) is 6.32. The van der Waals surface area contributed by atoms with Crippen LogP contribution in [-0.4, -0.2) is 11.7 Å². The van der Waals surface area contributed by atoms with Gasteiger partial charge >= 0.3 is 6.03 Å². The number of hydrazone groups is 1. The topological polar surface area (TPSA) is 67.5 Å². The van der Waals surface area contributed by atoms with Crippen molar-refractivity contribution in [1.29, 1.82) is 0 Å². The van der Waals surface area contributed by atoms with Crippen molar-refractivity contribution in [2.75, 3.05) is 0 Å². The van der Waals surface area contributed by atoms with Gasteiger partial charge in [0.15, 0.2) is 0 Å². The van der Waals surface area contributed by atoms with Crippen LogP contribution < -0.4 is 11.2 Å². The number of amides is 2. The summed E-state index contributed by atoms with van der Waals surface area (Å²) in [7, 11) is 0. The minimum atomic E-state index is -0.551. The molecule has 3 fully saturated rings. The zero-order chi connectivity index (χ0) is 11.3. The van der Waals surface area contributed by atoms with E-state index in [2.05, 4.69) is 17.5 Å². The Bertz CT molecular complexity index is 351. The lowest BCUT2D eigenvalue weighted by molar-refractivity contribution is -0.135. The van der Waals surface area contributed by atoms with Gasteiger partial charge in [-0.2, -0.15) is 5.10 Å². The molecule has 0 radical (unpaired) electrons. The number of hydrogen-bond donors (Lipinski definition) is 2. The van der Waals surface area contributed by atoms with Crippen LogP contribution in [0.2, 0.25) is 0 Å². The van der Waals surface area contributed by atoms with Gasteiger partial charge in [-0.1, -0.05) is 13.3 Å². The number of primary amides is 1. The Morgan fingerprint density at radius 1 is 1.50 bits per heavy atom. The van der Waals surface area contributed by atoms with Gasteiger partial charge in [0.1, 0.15) is 0 Å². The molecular formula is C12H19N3O. The molecule has 0 saturated heterocycles. The molecule has 0 aliphatic heterocycles. The normalized spacial score (nSPS) is 47.3. The molecule has 3 N–H and O–H groups in total. The third kappa shape index (κ3) is 1.16. The van der Waals surface area contributed by atoms with Gasteiger partial charge in [-0.3, -0.25) is 0 Å². The molecular weight excluding hydrogens is 202 g/mol. The molecule has 0 spiro atoms. The van der Waals surface area contributed by atoms with Crippen molar-refractivity contribution in [3.8, 4) is 0 Å². The van der Waals surface area contributed by atoms with Crippen LogP contribution in [0.25, 0.3) is 0 Å². The SMILES string of the molecule is CC12CC/C(=N/NC(N)=O)C3C1CCCC32. The third-order valence-electron chi connectivity index (χ3n) is 5.21. The fourth-order valence-corrected chi connectivity index (χ4v) is 4.49. The molecule has 2 atom stereocenters. The van der Waals surface area contributed by atoms with Crippen LogP contribution in [0, 0.1) is 23.2 Å². The Morgan fingerprint density at radius 2 is 2.19 bits per heavy atom. The first-order chi connectivity index (χ1) is 7.63. The van der Waals surface area contributed by atoms with E-state index >= 15 is 0 Å². The van der Waals surface area contributed by atoms with Gasteiger partial charge in [0, 0.05) is 11.6 Å². The van der Waals surface area contributed by atoms with E-state index < -0.39 is 6.03 Å². The van der Waals surface area contributed by atoms with Gasteiger partial charge in [-0.05, 0) is 42.9 Å². The number of carbonyl (C=O) groups excluding carboxylic acids is 1. The number of nitrogens with zero attached hydrogens (tertiary/aromatic N) is 1. The van der Waals surface area contributed by atoms with Crippen LogP contribution in [0.3, 0.4) is 0 Å². The summed E-state index contributed by atoms with van der Waals surface area (Å²) in [5.41, 5.74) is 9.22. The van der Waals surface area contributed by atoms with Crippen molar-refractivity contribution in [1.82, 2.24) is 5.43 Å². The summed E-state index contributed by atoms with van der Waals surface area (Å²) in [5.74, 6) is 2.27. The number of rotatable bonds is 1. The molecule has 3 saturated carbocycles. The maximum absolute atomic E-state index is 10.7. The van der Waals surface area contributed by atoms with Crippen molar-refractivity contribution < 1.29 is 4.79 Å². The van der Waals surface area contributed by atoms with Gasteiger partial charge in [-0.15, -0.1) is 0 Å². The van der Waals surface area contributed by atoms with Crippen molar-refractivity contribution in [2.24, 2.45) is 34.0 Å². The predicted octanol–water partition coefficient (Wildman–Crippen LogP) is 1.86. The third-order valence-corrected chi connectivity index (χ3v) is 5.21. The number of nitrogens with two attached hydrogens (primary N) is 1. The zero-order valence-electron chi connectivity index (χ0n) is 9.70. The Balaban J connectivity index is 1.81. The summed E-state index contributed by atoms with van der Waals surface area (Å²) in [6.45, 7) is 2.44. The van der Waals surface area contributed by atoms with Gasteiger partial charge < -0.3 is 5.73 Å². The Labute approximate surface area is 95.7 Å². The van der Waals surface area contributed by atoms with Crippen molar-refractivity contribution in [2.45, 2.75) is 39.0 Å². The molecule has 88 valence electrons. The maximum Gasteiger partial charge on any atom is 0.332 e. The minimum absolute atomic E-state index is 0.551. The summed E-state index contributed by atoms with van der Waals surface area (Å²) < 4.78 is 0. The van der Waals surface area contributed by atoms with Crippen LogP contribution in [0.15, 0.2) is 5.10 Å². The monoisotopic (exact) mass is 221 g/mol. The number of carbonyl (C=O) groups is 1. The molecule has 3 aliphatic carbocycles. The highest BCUT2D eigenvalue weighted by atomic mass is 16.2. The Kier molecular flexibility index (Phi) is 2.03. The molecule has 0 aromatic carbocycles. The van der Waals surface area contributed by atoms with E-state index in [4.69, 9.17) is 5.73 Å². The summed E-state index contributed by atoms with van der Waals surface area (Å²) in [5, 5.41) is 4.21. The van der Waals surface area contributed by atoms with Crippen molar-refractivity contribution >= 4 is 11.7 Å². The van der Waals surface area contributed by atoms with Crippen molar-refractivity contribution in [3.05, 3.63) is 0 Å². The average Bonchev–Trinajstić information content (AvgIpc) is 2.29. The maximum atomic E-state index is 10.7. The fourth-order valence-electron chi connectivity index (χ4n) is 4.49. The Hall–Kier alpha value is -1.06. The molecule has 2 amide bonds. The first-order valence-electron chi connectivity index (χ1n) is 6.25. The van der Waals surface area contributed by atoms with E-state index in [0.29, 0.717) is 11.3 Å². The molecule has 0 heterocycles. The van der Waals surface area contributed by atoms with Crippen LogP contribution in [-0.2, 0) is 0 Å². The molecule has 16 heavy (non-hydrogen) atoms. The van der Waals surface area contributed by atoms with Gasteiger partial charge in [-0.25, -0.2) is 10.2 Å². The predicted molar refractivity (Wildman–Crippen MR) is 61.8 cm³/mol. The summed E-state index contributed by atoms with van der Waals surface area (Å²) >= 11 is 0. The number of urea groups is 1. The van der Waals surface area contributed by atoms with E-state index in [1.807, 2.05) is 0 Å². The van der Waals surface area contributed by atoms with E-state index in [0.717, 1.165) is 18.3 Å². The highest BCUT2D eigenvalue weighted by Gasteiger charge is 2.63. The van der Waals surface area contributed by atoms with Crippen LogP contribution in [0.4, 0.5) is 4.79 Å². The molecule has 0 aromatic rings. The second-order valence-corrected chi connectivity index (χ2v) is 5.75. The lowest BCUT2D eigenvalue weighted by Gasteiger charge is -2.67. The second kappa shape index (κ2) is 3.22. The average molecular weight is 221 g/mol. The molecule has 4 bridgehead atoms. The van der Waals surface area contributed by atoms with E-state index in [9.17, 15) is 4.79 Å². The van der Waals surface area contributed by atoms with Crippen molar-refractivity contribution in [3.63, 3.8) is 0 Å². The number of fused-ring (bicyclic) bond motifs is 1. The van der Waals surface area contributed by atoms with E-state index in [-0.39, 0.29) is 0 Å². The molecule has 4 heteroatoms. The molecule has 0 aromatic heterocycles. The highest BCUT2D eigenvalue weighted by molar-refractivity contribution is 5.91. The first-order valence-corrected chi connectivity index (χ1v) is 6.25. The molecule has 4 nitrogen and oxygen atoms in total. The van der Waals surface area contributed by atoms with Gasteiger partial charge in [0.2, 0.25) is 0 Å². The standard InChI is InChI=1S/C12H19N3O/c1-12-6-5-9(14-15-11(13)16)10-7(12)3-2-4-8(10)12/h7-8,10H,2-6H2,1H3,(H3,13,15,16)/b14-9-. The molecule has 3 rings (SSSR count). The lowest BCUT2D eigenvalue weighted by Crippen LogP contribution is -2.64. The number of nitrogens with one attached hydrogen (secondary N) is 1. The quantitative estimate of drug-likeness (QED) is 0.652. The van der Waals surface area contributed by atoms with Crippen LogP contribution in [0.1, 0.15) is 39.0 Å². The van der Waals surface area contributed by atoms with E-state index in [1.54, 1.807) is 0 Å². The molecule has 2 unspecified atom stereocenters. The lowest BCUT2D eigenvalue weighted by atomic mass is 9.37.